The molecular formula is C17H25N3. The second-order valence-electron chi connectivity index (χ2n) is 6.76. The standard InChI is InChI=1S/C17H25N3/c1-19-14-6-7-15(19)12-20(9-8-14)11-13-10-18-17-5-3-2-4-16(13)17/h2-5,13-15,18H,6-12H2,1H3. The largest absolute Gasteiger partial charge is 0.384 e. The Bertz CT molecular complexity index is 487. The molecule has 3 unspecified atom stereocenters. The lowest BCUT2D eigenvalue weighted by Gasteiger charge is -2.27. The van der Waals surface area contributed by atoms with Crippen LogP contribution < -0.4 is 5.32 Å². The quantitative estimate of drug-likeness (QED) is 0.891. The SMILES string of the molecule is CN1C2CCC1CN(CC1CNc3ccccc31)CC2. The molecule has 2 bridgehead atoms. The third-order valence-electron chi connectivity index (χ3n) is 5.65. The number of benzene rings is 1. The van der Waals surface area contributed by atoms with Crippen LogP contribution in [0, 0.1) is 0 Å². The van der Waals surface area contributed by atoms with Crippen LogP contribution in [0.3, 0.4) is 0 Å². The van der Waals surface area contributed by atoms with Crippen molar-refractivity contribution in [3.05, 3.63) is 29.8 Å². The number of nitrogens with zero attached hydrogens (tertiary/aromatic N) is 2. The molecule has 3 aliphatic heterocycles. The van der Waals surface area contributed by atoms with E-state index in [1.165, 1.54) is 50.1 Å². The highest BCUT2D eigenvalue weighted by Crippen LogP contribution is 2.33. The Kier molecular flexibility index (Phi) is 3.20. The molecule has 0 aliphatic carbocycles. The molecule has 0 aromatic heterocycles. The van der Waals surface area contributed by atoms with Crippen LogP contribution in [0.1, 0.15) is 30.7 Å². The number of likely N-dealkylation sites (N-methyl/N-ethyl adjacent to an activating group) is 1. The maximum absolute atomic E-state index is 3.56. The molecular weight excluding hydrogens is 246 g/mol. The molecule has 3 heterocycles. The summed E-state index contributed by atoms with van der Waals surface area (Å²) in [5.41, 5.74) is 2.88. The summed E-state index contributed by atoms with van der Waals surface area (Å²) in [4.78, 5) is 5.36. The Hall–Kier alpha value is -1.06. The molecule has 0 radical (unpaired) electrons. The maximum Gasteiger partial charge on any atom is 0.0376 e. The van der Waals surface area contributed by atoms with E-state index in [1.807, 2.05) is 0 Å². The summed E-state index contributed by atoms with van der Waals surface area (Å²) in [6, 6.07) is 10.5. The third kappa shape index (κ3) is 2.13. The van der Waals surface area contributed by atoms with E-state index < -0.39 is 0 Å². The van der Waals surface area contributed by atoms with E-state index in [1.54, 1.807) is 0 Å². The predicted molar refractivity (Wildman–Crippen MR) is 83.3 cm³/mol. The van der Waals surface area contributed by atoms with Gasteiger partial charge in [-0.1, -0.05) is 18.2 Å². The zero-order valence-corrected chi connectivity index (χ0v) is 12.4. The second kappa shape index (κ2) is 5.05. The van der Waals surface area contributed by atoms with Gasteiger partial charge in [0.05, 0.1) is 0 Å². The number of hydrogen-bond donors (Lipinski definition) is 1. The highest BCUT2D eigenvalue weighted by Gasteiger charge is 2.35. The second-order valence-corrected chi connectivity index (χ2v) is 6.76. The van der Waals surface area contributed by atoms with Gasteiger partial charge in [-0.15, -0.1) is 0 Å². The molecule has 108 valence electrons. The molecule has 1 N–H and O–H groups in total. The number of fused-ring (bicyclic) bond motifs is 3. The topological polar surface area (TPSA) is 18.5 Å². The zero-order chi connectivity index (χ0) is 13.5. The summed E-state index contributed by atoms with van der Waals surface area (Å²) < 4.78 is 0. The van der Waals surface area contributed by atoms with E-state index in [9.17, 15) is 0 Å². The van der Waals surface area contributed by atoms with E-state index >= 15 is 0 Å². The van der Waals surface area contributed by atoms with Crippen LogP contribution in [0.15, 0.2) is 24.3 Å². The summed E-state index contributed by atoms with van der Waals surface area (Å²) in [5.74, 6) is 0.674. The van der Waals surface area contributed by atoms with Gasteiger partial charge in [-0.2, -0.15) is 0 Å². The van der Waals surface area contributed by atoms with Gasteiger partial charge in [0.25, 0.3) is 0 Å². The summed E-state index contributed by atoms with van der Waals surface area (Å²) in [5, 5.41) is 3.56. The van der Waals surface area contributed by atoms with Crippen LogP contribution in [0.4, 0.5) is 5.69 Å². The van der Waals surface area contributed by atoms with E-state index in [0.717, 1.165) is 18.6 Å². The summed E-state index contributed by atoms with van der Waals surface area (Å²) in [6.45, 7) is 4.89. The summed E-state index contributed by atoms with van der Waals surface area (Å²) in [7, 11) is 2.33. The Balaban J connectivity index is 1.45. The number of anilines is 1. The van der Waals surface area contributed by atoms with Gasteiger partial charge in [0.1, 0.15) is 0 Å². The van der Waals surface area contributed by atoms with E-state index in [0.29, 0.717) is 5.92 Å². The lowest BCUT2D eigenvalue weighted by molar-refractivity contribution is 0.213. The van der Waals surface area contributed by atoms with E-state index in [2.05, 4.69) is 46.4 Å². The molecule has 1 aromatic rings. The first-order chi connectivity index (χ1) is 9.81. The monoisotopic (exact) mass is 271 g/mol. The van der Waals surface area contributed by atoms with Crippen molar-refractivity contribution in [2.75, 3.05) is 38.5 Å². The highest BCUT2D eigenvalue weighted by atomic mass is 15.3. The lowest BCUT2D eigenvalue weighted by Crippen LogP contribution is -2.38. The first-order valence-corrected chi connectivity index (χ1v) is 8.08. The zero-order valence-electron chi connectivity index (χ0n) is 12.4. The molecule has 2 saturated heterocycles. The van der Waals surface area contributed by atoms with E-state index in [4.69, 9.17) is 0 Å². The van der Waals surface area contributed by atoms with Gasteiger partial charge in [-0.25, -0.2) is 0 Å². The molecule has 3 aliphatic rings. The van der Waals surface area contributed by atoms with Crippen LogP contribution in [0.2, 0.25) is 0 Å². The van der Waals surface area contributed by atoms with Crippen LogP contribution in [0.25, 0.3) is 0 Å². The minimum atomic E-state index is 0.674. The summed E-state index contributed by atoms with van der Waals surface area (Å²) in [6.07, 6.45) is 4.18. The Morgan fingerprint density at radius 2 is 2.00 bits per heavy atom. The minimum absolute atomic E-state index is 0.674. The van der Waals surface area contributed by atoms with Crippen LogP contribution in [-0.4, -0.2) is 55.1 Å². The lowest BCUT2D eigenvalue weighted by atomic mass is 9.99. The van der Waals surface area contributed by atoms with Gasteiger partial charge >= 0.3 is 0 Å². The summed E-state index contributed by atoms with van der Waals surface area (Å²) >= 11 is 0. The van der Waals surface area contributed by atoms with Gasteiger partial charge in [0.2, 0.25) is 0 Å². The Labute approximate surface area is 121 Å². The smallest absolute Gasteiger partial charge is 0.0376 e. The van der Waals surface area contributed by atoms with Crippen molar-refractivity contribution >= 4 is 5.69 Å². The third-order valence-corrected chi connectivity index (χ3v) is 5.65. The predicted octanol–water partition coefficient (Wildman–Crippen LogP) is 2.36. The Morgan fingerprint density at radius 1 is 1.15 bits per heavy atom. The van der Waals surface area contributed by atoms with Crippen molar-refractivity contribution in [3.63, 3.8) is 0 Å². The van der Waals surface area contributed by atoms with Crippen molar-refractivity contribution in [2.24, 2.45) is 0 Å². The first-order valence-electron chi connectivity index (χ1n) is 8.08. The fourth-order valence-electron chi connectivity index (χ4n) is 4.38. The maximum atomic E-state index is 3.56. The molecule has 4 rings (SSSR count). The minimum Gasteiger partial charge on any atom is -0.384 e. The molecule has 0 saturated carbocycles. The van der Waals surface area contributed by atoms with Crippen molar-refractivity contribution in [1.82, 2.24) is 9.80 Å². The molecule has 1 aromatic carbocycles. The Morgan fingerprint density at radius 3 is 2.95 bits per heavy atom. The van der Waals surface area contributed by atoms with Gasteiger partial charge in [0, 0.05) is 43.3 Å². The van der Waals surface area contributed by atoms with E-state index in [-0.39, 0.29) is 0 Å². The van der Waals surface area contributed by atoms with Crippen LogP contribution in [-0.2, 0) is 0 Å². The van der Waals surface area contributed by atoms with Gasteiger partial charge < -0.3 is 10.2 Å². The normalized spacial score (nSPS) is 33.8. The number of nitrogens with one attached hydrogen (secondary N) is 1. The molecule has 20 heavy (non-hydrogen) atoms. The molecule has 3 atom stereocenters. The van der Waals surface area contributed by atoms with Crippen molar-refractivity contribution < 1.29 is 0 Å². The average Bonchev–Trinajstić information content (AvgIpc) is 2.96. The van der Waals surface area contributed by atoms with Crippen molar-refractivity contribution in [1.29, 1.82) is 0 Å². The first kappa shape index (κ1) is 12.7. The molecule has 3 nitrogen and oxygen atoms in total. The molecule has 3 heteroatoms. The van der Waals surface area contributed by atoms with Crippen molar-refractivity contribution in [3.8, 4) is 0 Å². The number of para-hydroxylation sites is 1. The van der Waals surface area contributed by atoms with Gasteiger partial charge in [0.15, 0.2) is 0 Å². The fraction of sp³-hybridized carbons (Fsp3) is 0.647. The van der Waals surface area contributed by atoms with Gasteiger partial charge in [-0.3, -0.25) is 4.90 Å². The van der Waals surface area contributed by atoms with Crippen LogP contribution in [0.5, 0.6) is 0 Å². The fourth-order valence-corrected chi connectivity index (χ4v) is 4.38. The van der Waals surface area contributed by atoms with Gasteiger partial charge in [-0.05, 0) is 44.5 Å². The number of hydrogen-bond acceptors (Lipinski definition) is 3. The molecule has 0 amide bonds. The molecule has 2 fully saturated rings. The van der Waals surface area contributed by atoms with Crippen molar-refractivity contribution in [2.45, 2.75) is 37.3 Å². The van der Waals surface area contributed by atoms with Crippen LogP contribution >= 0.6 is 0 Å². The average molecular weight is 271 g/mol. The highest BCUT2D eigenvalue weighted by molar-refractivity contribution is 5.57. The molecule has 0 spiro atoms. The number of likely N-dealkylation sites (tertiary alicyclic amines) is 1. The number of rotatable bonds is 2.